The van der Waals surface area contributed by atoms with Crippen LogP contribution in [0.2, 0.25) is 0 Å². The Hall–Kier alpha value is -3.19. The van der Waals surface area contributed by atoms with Gasteiger partial charge in [0.15, 0.2) is 0 Å². The molecule has 0 aliphatic carbocycles. The average molecular weight is 562 g/mol. The number of rotatable bonds is 8. The number of halogens is 2. The summed E-state index contributed by atoms with van der Waals surface area (Å²) >= 11 is 0. The molecule has 2 N–H and O–H groups in total. The molecule has 41 heavy (non-hydrogen) atoms. The SMILES string of the molecule is C=C(N)C1CCN(C2CCN(C(=C)N3C(c4ccc(C(C)(F)F)cc4CC)=NCC3c3ccc(C)cc3)CC2)CC1. The van der Waals surface area contributed by atoms with Crippen molar-refractivity contribution in [2.45, 2.75) is 70.9 Å². The highest BCUT2D eigenvalue weighted by molar-refractivity contribution is 6.02. The summed E-state index contributed by atoms with van der Waals surface area (Å²) in [6.45, 7) is 18.3. The van der Waals surface area contributed by atoms with Gasteiger partial charge in [0.1, 0.15) is 11.7 Å². The molecule has 5 rings (SSSR count). The fourth-order valence-electron chi connectivity index (χ4n) is 6.69. The van der Waals surface area contributed by atoms with E-state index in [-0.39, 0.29) is 11.6 Å². The zero-order chi connectivity index (χ0) is 29.3. The molecule has 2 aromatic carbocycles. The van der Waals surface area contributed by atoms with Crippen LogP contribution in [0, 0.1) is 12.8 Å². The molecular weight excluding hydrogens is 516 g/mol. The van der Waals surface area contributed by atoms with Crippen molar-refractivity contribution in [3.8, 4) is 0 Å². The summed E-state index contributed by atoms with van der Waals surface area (Å²) in [6, 6.07) is 14.2. The number of nitrogens with two attached hydrogens (primary N) is 1. The van der Waals surface area contributed by atoms with E-state index in [1.807, 2.05) is 13.0 Å². The van der Waals surface area contributed by atoms with Crippen molar-refractivity contribution in [2.75, 3.05) is 32.7 Å². The molecule has 0 radical (unpaired) electrons. The molecule has 0 aromatic heterocycles. The van der Waals surface area contributed by atoms with Gasteiger partial charge in [-0.15, -0.1) is 0 Å². The van der Waals surface area contributed by atoms with Crippen molar-refractivity contribution in [3.05, 3.63) is 95.0 Å². The molecule has 1 unspecified atom stereocenters. The van der Waals surface area contributed by atoms with E-state index in [1.165, 1.54) is 11.1 Å². The van der Waals surface area contributed by atoms with E-state index in [1.54, 1.807) is 12.1 Å². The van der Waals surface area contributed by atoms with E-state index in [9.17, 15) is 8.78 Å². The van der Waals surface area contributed by atoms with Crippen LogP contribution in [0.15, 0.2) is 72.1 Å². The molecule has 5 nitrogen and oxygen atoms in total. The highest BCUT2D eigenvalue weighted by Crippen LogP contribution is 2.37. The number of allylic oxidation sites excluding steroid dienone is 1. The van der Waals surface area contributed by atoms with Crippen LogP contribution >= 0.6 is 0 Å². The summed E-state index contributed by atoms with van der Waals surface area (Å²) in [5, 5.41) is 0. The molecule has 0 amide bonds. The fourth-order valence-corrected chi connectivity index (χ4v) is 6.69. The highest BCUT2D eigenvalue weighted by atomic mass is 19.3. The van der Waals surface area contributed by atoms with Crippen LogP contribution in [0.5, 0.6) is 0 Å². The molecule has 3 heterocycles. The lowest BCUT2D eigenvalue weighted by molar-refractivity contribution is 0.0174. The van der Waals surface area contributed by atoms with Gasteiger partial charge in [-0.1, -0.05) is 62.0 Å². The van der Waals surface area contributed by atoms with Gasteiger partial charge >= 0.3 is 0 Å². The zero-order valence-electron chi connectivity index (χ0n) is 24.9. The Bertz CT molecular complexity index is 1280. The number of benzene rings is 2. The van der Waals surface area contributed by atoms with Gasteiger partial charge in [-0.2, -0.15) is 0 Å². The van der Waals surface area contributed by atoms with Crippen LogP contribution in [0.4, 0.5) is 8.78 Å². The first-order chi connectivity index (χ1) is 19.6. The number of amidine groups is 1. The number of aliphatic imine (C=N–C) groups is 1. The van der Waals surface area contributed by atoms with E-state index in [0.29, 0.717) is 24.9 Å². The molecule has 7 heteroatoms. The molecule has 220 valence electrons. The Labute approximate surface area is 244 Å². The number of hydrogen-bond donors (Lipinski definition) is 1. The van der Waals surface area contributed by atoms with Gasteiger partial charge in [-0.25, -0.2) is 8.78 Å². The van der Waals surface area contributed by atoms with Gasteiger partial charge in [-0.3, -0.25) is 4.99 Å². The van der Waals surface area contributed by atoms with Gasteiger partial charge in [0.05, 0.1) is 12.6 Å². The Morgan fingerprint density at radius 3 is 2.24 bits per heavy atom. The molecule has 3 aliphatic rings. The molecule has 1 atom stereocenters. The molecule has 2 aromatic rings. The largest absolute Gasteiger partial charge is 0.402 e. The summed E-state index contributed by atoms with van der Waals surface area (Å²) in [5.41, 5.74) is 11.0. The molecule has 0 spiro atoms. The van der Waals surface area contributed by atoms with Crippen LogP contribution in [0.1, 0.15) is 73.4 Å². The minimum Gasteiger partial charge on any atom is -0.402 e. The quantitative estimate of drug-likeness (QED) is 0.395. The lowest BCUT2D eigenvalue weighted by atomic mass is 9.92. The first-order valence-electron chi connectivity index (χ1n) is 15.1. The second kappa shape index (κ2) is 12.0. The van der Waals surface area contributed by atoms with Crippen LogP contribution in [-0.4, -0.2) is 59.3 Å². The van der Waals surface area contributed by atoms with Gasteiger partial charge < -0.3 is 20.4 Å². The Morgan fingerprint density at radius 1 is 1.00 bits per heavy atom. The van der Waals surface area contributed by atoms with Crippen LogP contribution in [0.3, 0.4) is 0 Å². The molecule has 0 bridgehead atoms. The third-order valence-electron chi connectivity index (χ3n) is 9.33. The Balaban J connectivity index is 1.37. The number of piperidine rings is 2. The first-order valence-corrected chi connectivity index (χ1v) is 15.1. The predicted molar refractivity (Wildman–Crippen MR) is 164 cm³/mol. The van der Waals surface area contributed by atoms with E-state index in [2.05, 4.69) is 59.0 Å². The minimum absolute atomic E-state index is 0.0104. The molecule has 3 aliphatic heterocycles. The smallest absolute Gasteiger partial charge is 0.270 e. The van der Waals surface area contributed by atoms with Gasteiger partial charge in [0, 0.05) is 48.8 Å². The zero-order valence-corrected chi connectivity index (χ0v) is 24.9. The first kappa shape index (κ1) is 29.3. The second-order valence-corrected chi connectivity index (χ2v) is 12.1. The topological polar surface area (TPSA) is 48.1 Å². The van der Waals surface area contributed by atoms with Gasteiger partial charge in [0.2, 0.25) is 0 Å². The van der Waals surface area contributed by atoms with Gasteiger partial charge in [-0.05, 0) is 69.3 Å². The number of nitrogens with zero attached hydrogens (tertiary/aromatic N) is 4. The number of alkyl halides is 2. The average Bonchev–Trinajstić information content (AvgIpc) is 3.41. The number of aryl methyl sites for hydroxylation is 2. The minimum atomic E-state index is -2.88. The maximum Gasteiger partial charge on any atom is 0.270 e. The summed E-state index contributed by atoms with van der Waals surface area (Å²) in [7, 11) is 0. The van der Waals surface area contributed by atoms with Gasteiger partial charge in [0.25, 0.3) is 5.92 Å². The molecule has 2 saturated heterocycles. The Kier molecular flexibility index (Phi) is 8.55. The molecule has 0 saturated carbocycles. The third-order valence-corrected chi connectivity index (χ3v) is 9.33. The van der Waals surface area contributed by atoms with E-state index >= 15 is 0 Å². The monoisotopic (exact) mass is 561 g/mol. The molecular formula is C34H45F2N5. The van der Waals surface area contributed by atoms with Crippen molar-refractivity contribution in [2.24, 2.45) is 16.6 Å². The van der Waals surface area contributed by atoms with Crippen molar-refractivity contribution in [3.63, 3.8) is 0 Å². The van der Waals surface area contributed by atoms with Crippen molar-refractivity contribution >= 4 is 5.84 Å². The van der Waals surface area contributed by atoms with E-state index in [0.717, 1.165) is 87.3 Å². The van der Waals surface area contributed by atoms with Crippen molar-refractivity contribution < 1.29 is 8.78 Å². The van der Waals surface area contributed by atoms with Crippen molar-refractivity contribution in [1.29, 1.82) is 0 Å². The standard InChI is InChI=1S/C34H45F2N5/c1-6-26-21-29(34(5,35)36)11-12-31(26)33-38-22-32(28-9-7-23(2)8-10-28)41(33)25(4)39-19-15-30(16-20-39)40-17-13-27(14-18-40)24(3)37/h7-12,21,27,30,32H,3-4,6,13-20,22,37H2,1-2,5H3. The fraction of sp³-hybridized carbons (Fsp3) is 0.500. The summed E-state index contributed by atoms with van der Waals surface area (Å²) < 4.78 is 28.4. The van der Waals surface area contributed by atoms with Crippen molar-refractivity contribution in [1.82, 2.24) is 14.7 Å². The number of likely N-dealkylation sites (tertiary alicyclic amines) is 2. The van der Waals surface area contributed by atoms with Crippen LogP contribution < -0.4 is 5.73 Å². The molecule has 2 fully saturated rings. The maximum absolute atomic E-state index is 14.2. The lowest BCUT2D eigenvalue weighted by Gasteiger charge is -2.45. The van der Waals surface area contributed by atoms with E-state index in [4.69, 9.17) is 10.7 Å². The highest BCUT2D eigenvalue weighted by Gasteiger charge is 2.37. The Morgan fingerprint density at radius 2 is 1.66 bits per heavy atom. The van der Waals surface area contributed by atoms with E-state index < -0.39 is 5.92 Å². The predicted octanol–water partition coefficient (Wildman–Crippen LogP) is 6.59. The number of hydrogen-bond acceptors (Lipinski definition) is 5. The third kappa shape index (κ3) is 6.20. The van der Waals surface area contributed by atoms with Crippen LogP contribution in [0.25, 0.3) is 0 Å². The second-order valence-electron chi connectivity index (χ2n) is 12.1. The summed E-state index contributed by atoms with van der Waals surface area (Å²) in [5.74, 6) is -0.667. The lowest BCUT2D eigenvalue weighted by Crippen LogP contribution is -2.49. The maximum atomic E-state index is 14.2. The summed E-state index contributed by atoms with van der Waals surface area (Å²) in [4.78, 5) is 12.3. The normalized spacial score (nSPS) is 21.3. The summed E-state index contributed by atoms with van der Waals surface area (Å²) in [6.07, 6.45) is 5.01. The van der Waals surface area contributed by atoms with Crippen LogP contribution in [-0.2, 0) is 12.3 Å².